The molecule has 0 saturated carbocycles. The van der Waals surface area contributed by atoms with Crippen molar-refractivity contribution in [2.75, 3.05) is 0 Å². The van der Waals surface area contributed by atoms with Crippen LogP contribution >= 0.6 is 0 Å². The van der Waals surface area contributed by atoms with Crippen molar-refractivity contribution in [3.05, 3.63) is 0 Å². The molecule has 5 nitrogen and oxygen atoms in total. The summed E-state index contributed by atoms with van der Waals surface area (Å²) in [6.45, 7) is 0. The van der Waals surface area contributed by atoms with E-state index in [4.69, 9.17) is 20.2 Å². The average molecular weight is 95.1 g/mol. The van der Waals surface area contributed by atoms with E-state index in [2.05, 4.69) is 5.90 Å². The van der Waals surface area contributed by atoms with E-state index in [-0.39, 0.29) is 0 Å². The molecule has 5 N–H and O–H groups in total. The Kier molecular flexibility index (Phi) is 13.3. The van der Waals surface area contributed by atoms with Crippen molar-refractivity contribution in [2.24, 2.45) is 0 Å². The van der Waals surface area contributed by atoms with Crippen LogP contribution in [0.4, 0.5) is 4.79 Å². The van der Waals surface area contributed by atoms with Crippen molar-refractivity contribution in [2.45, 2.75) is 0 Å². The third-order valence-electron chi connectivity index (χ3n) is 0. The lowest BCUT2D eigenvalue weighted by atomic mass is 11.5. The monoisotopic (exact) mass is 95.0 g/mol. The standard InChI is InChI=1S/CH2O3.H4NO/c2-1(3)4;1-2/h(H2,2,3,4);2H,1H3/q;+1/p-1. The molecule has 0 atom stereocenters. The molecule has 6 heavy (non-hydrogen) atoms. The highest BCUT2D eigenvalue weighted by Crippen LogP contribution is 1.32. The summed E-state index contributed by atoms with van der Waals surface area (Å²) in [6, 6.07) is 0. The Morgan fingerprint density at radius 2 is 1.67 bits per heavy atom. The molecule has 0 rings (SSSR count). The molecule has 0 aromatic rings. The van der Waals surface area contributed by atoms with Gasteiger partial charge >= 0.3 is 0 Å². The lowest BCUT2D eigenvalue weighted by molar-refractivity contribution is -0.670. The minimum atomic E-state index is -2.08. The molecule has 0 bridgehead atoms. The Hall–Kier alpha value is -0.810. The summed E-state index contributed by atoms with van der Waals surface area (Å²) in [5.41, 5.74) is 0. The molecule has 5 heteroatoms. The lowest BCUT2D eigenvalue weighted by Gasteiger charge is -1.74. The molecule has 0 heterocycles. The molecule has 0 radical (unpaired) electrons. The second kappa shape index (κ2) is 8.89. The number of rotatable bonds is 0. The smallest absolute Gasteiger partial charge is 0.249 e. The first kappa shape index (κ1) is 8.95. The SMILES string of the molecule is O=C([O-])O.[NH3+]O. The number of quaternary nitrogens is 1. The van der Waals surface area contributed by atoms with Crippen LogP contribution in [0.5, 0.6) is 0 Å². The molecular formula is CH5NO4. The highest BCUT2D eigenvalue weighted by molar-refractivity contribution is 5.50. The van der Waals surface area contributed by atoms with Gasteiger partial charge in [-0.05, 0) is 0 Å². The van der Waals surface area contributed by atoms with Gasteiger partial charge in [0.1, 0.15) is 0 Å². The van der Waals surface area contributed by atoms with Crippen molar-refractivity contribution in [3.8, 4) is 0 Å². The average Bonchev–Trinajstić information content (AvgIpc) is 1.41. The first-order valence-electron chi connectivity index (χ1n) is 0.948. The van der Waals surface area contributed by atoms with Gasteiger partial charge in [-0.2, -0.15) is 0 Å². The van der Waals surface area contributed by atoms with Gasteiger partial charge in [0.25, 0.3) is 0 Å². The summed E-state index contributed by atoms with van der Waals surface area (Å²) in [6.07, 6.45) is -2.08. The van der Waals surface area contributed by atoms with Crippen LogP contribution in [0.1, 0.15) is 0 Å². The minimum absolute atomic E-state index is 2.08. The second-order valence-electron chi connectivity index (χ2n) is 0.266. The summed E-state index contributed by atoms with van der Waals surface area (Å²) in [7, 11) is 0. The molecule has 38 valence electrons. The zero-order valence-corrected chi connectivity index (χ0v) is 2.92. The van der Waals surface area contributed by atoms with Crippen molar-refractivity contribution in [3.63, 3.8) is 0 Å². The molecule has 0 fully saturated rings. The van der Waals surface area contributed by atoms with Gasteiger partial charge in [-0.1, -0.05) is 0 Å². The van der Waals surface area contributed by atoms with E-state index in [0.717, 1.165) is 0 Å². The third-order valence-corrected chi connectivity index (χ3v) is 0. The largest absolute Gasteiger partial charge is 0.565 e. The van der Waals surface area contributed by atoms with Crippen LogP contribution in [0.15, 0.2) is 0 Å². The topological polar surface area (TPSA) is 108 Å². The third kappa shape index (κ3) is 23.3. The van der Waals surface area contributed by atoms with Crippen LogP contribution in [0.25, 0.3) is 0 Å². The van der Waals surface area contributed by atoms with E-state index in [1.54, 1.807) is 0 Å². The van der Waals surface area contributed by atoms with Gasteiger partial charge in [0, 0.05) is 0 Å². The van der Waals surface area contributed by atoms with Crippen molar-refractivity contribution in [1.82, 2.24) is 0 Å². The van der Waals surface area contributed by atoms with Crippen LogP contribution in [0, 0.1) is 0 Å². The summed E-state index contributed by atoms with van der Waals surface area (Å²) < 4.78 is 0. The Morgan fingerprint density at radius 3 is 1.67 bits per heavy atom. The van der Waals surface area contributed by atoms with Gasteiger partial charge in [-0.15, -0.1) is 0 Å². The van der Waals surface area contributed by atoms with Crippen LogP contribution in [-0.2, 0) is 0 Å². The summed E-state index contributed by atoms with van der Waals surface area (Å²) in [4.78, 5) is 8.44. The second-order valence-corrected chi connectivity index (χ2v) is 0.266. The fourth-order valence-corrected chi connectivity index (χ4v) is 0. The molecule has 0 aromatic heterocycles. The van der Waals surface area contributed by atoms with Gasteiger partial charge in [0.15, 0.2) is 0 Å². The normalized spacial score (nSPS) is 5.00. The first-order valence-corrected chi connectivity index (χ1v) is 0.948. The van der Waals surface area contributed by atoms with Gasteiger partial charge in [-0.3, -0.25) is 0 Å². The van der Waals surface area contributed by atoms with E-state index in [9.17, 15) is 0 Å². The van der Waals surface area contributed by atoms with Crippen molar-refractivity contribution in [1.29, 1.82) is 0 Å². The van der Waals surface area contributed by atoms with Crippen LogP contribution in [-0.4, -0.2) is 16.5 Å². The number of carboxylic acid groups (broad SMARTS) is 2. The first-order chi connectivity index (χ1) is 2.73. The predicted molar refractivity (Wildman–Crippen MR) is 12.7 cm³/mol. The molecular weight excluding hydrogens is 90.0 g/mol. The fourth-order valence-electron chi connectivity index (χ4n) is 0. The quantitative estimate of drug-likeness (QED) is 0.289. The molecule has 0 aliphatic rings. The van der Waals surface area contributed by atoms with Crippen LogP contribution in [0.3, 0.4) is 0 Å². The number of hydrogen-bond donors (Lipinski definition) is 3. The molecule has 0 amide bonds. The Bertz CT molecular complexity index is 30.5. The van der Waals surface area contributed by atoms with Gasteiger partial charge in [-0.25, -0.2) is 11.1 Å². The zero-order valence-electron chi connectivity index (χ0n) is 2.92. The Balaban J connectivity index is 0. The highest BCUT2D eigenvalue weighted by Gasteiger charge is 1.51. The molecule has 0 unspecified atom stereocenters. The molecule has 0 aliphatic carbocycles. The summed E-state index contributed by atoms with van der Waals surface area (Å²) in [5.74, 6) is 2.25. The van der Waals surface area contributed by atoms with Crippen LogP contribution < -0.4 is 11.0 Å². The van der Waals surface area contributed by atoms with Crippen LogP contribution in [0.2, 0.25) is 0 Å². The Morgan fingerprint density at radius 1 is 1.67 bits per heavy atom. The minimum Gasteiger partial charge on any atom is -0.565 e. The van der Waals surface area contributed by atoms with E-state index < -0.39 is 6.16 Å². The van der Waals surface area contributed by atoms with Gasteiger partial charge < -0.3 is 15.0 Å². The fraction of sp³-hybridized carbons (Fsp3) is 0. The van der Waals surface area contributed by atoms with Crippen molar-refractivity contribution >= 4 is 6.16 Å². The van der Waals surface area contributed by atoms with E-state index >= 15 is 0 Å². The predicted octanol–water partition coefficient (Wildman–Crippen LogP) is -2.49. The summed E-state index contributed by atoms with van der Waals surface area (Å²) >= 11 is 0. The molecule has 0 aromatic carbocycles. The van der Waals surface area contributed by atoms with E-state index in [1.165, 1.54) is 0 Å². The molecule has 0 aliphatic heterocycles. The molecule has 0 spiro atoms. The van der Waals surface area contributed by atoms with E-state index in [1.807, 2.05) is 0 Å². The van der Waals surface area contributed by atoms with Gasteiger partial charge in [0.05, 0.1) is 0 Å². The lowest BCUT2D eigenvalue weighted by Crippen LogP contribution is -2.42. The number of carbonyl (C=O) groups is 1. The zero-order chi connectivity index (χ0) is 5.58. The molecule has 0 saturated heterocycles. The van der Waals surface area contributed by atoms with E-state index in [0.29, 0.717) is 0 Å². The maximum absolute atomic E-state index is 8.44. The summed E-state index contributed by atoms with van der Waals surface area (Å²) in [5, 5.41) is 22.1. The number of hydrogen-bond acceptors (Lipinski definition) is 3. The Labute approximate surface area is 33.6 Å². The van der Waals surface area contributed by atoms with Gasteiger partial charge in [0.2, 0.25) is 6.16 Å². The maximum Gasteiger partial charge on any atom is 0.249 e. The van der Waals surface area contributed by atoms with Crippen molar-refractivity contribution < 1.29 is 26.1 Å². The maximum atomic E-state index is 8.44. The highest BCUT2D eigenvalue weighted by atomic mass is 16.6.